The molecule has 0 heterocycles. The molecule has 0 aliphatic rings. The van der Waals surface area contributed by atoms with E-state index < -0.39 is 0 Å². The topological polar surface area (TPSA) is 0 Å². The Kier molecular flexibility index (Phi) is 3.49. The Balaban J connectivity index is 2.99. The number of hydrogen-bond donors (Lipinski definition) is 0. The second-order valence-corrected chi connectivity index (χ2v) is 3.80. The van der Waals surface area contributed by atoms with E-state index in [9.17, 15) is 0 Å². The Morgan fingerprint density at radius 2 is 1.91 bits per heavy atom. The van der Waals surface area contributed by atoms with Crippen molar-refractivity contribution >= 4 is 48.1 Å². The predicted molar refractivity (Wildman–Crippen MR) is 64.5 cm³/mol. The minimum atomic E-state index is 1.14. The first-order valence-corrected chi connectivity index (χ1v) is 5.13. The Morgan fingerprint density at radius 1 is 1.18 bits per heavy atom. The molecule has 1 aromatic rings. The fraction of sp³-hybridized carbons (Fsp3) is 0.250. The van der Waals surface area contributed by atoms with E-state index >= 15 is 0 Å². The first kappa shape index (κ1) is 9.17. The van der Waals surface area contributed by atoms with Gasteiger partial charge in [-0.25, -0.2) is 0 Å². The highest BCUT2D eigenvalue weighted by Gasteiger charge is 1.98. The van der Waals surface area contributed by atoms with Gasteiger partial charge >= 0.3 is 0 Å². The summed E-state index contributed by atoms with van der Waals surface area (Å²) in [5.74, 6) is 0. The second-order valence-electron chi connectivity index (χ2n) is 2.63. The molecule has 1 aromatic carbocycles. The molecule has 0 saturated heterocycles. The highest BCUT2D eigenvalue weighted by molar-refractivity contribution is 14.1. The summed E-state index contributed by atoms with van der Waals surface area (Å²) in [7, 11) is 2.28. The van der Waals surface area contributed by atoms with Crippen molar-refractivity contribution in [1.29, 1.82) is 0 Å². The van der Waals surface area contributed by atoms with E-state index in [1.165, 1.54) is 14.5 Å². The molecule has 0 spiro atoms. The van der Waals surface area contributed by atoms with Gasteiger partial charge in [0.15, 0.2) is 14.6 Å². The van der Waals surface area contributed by atoms with Crippen molar-refractivity contribution in [3.8, 4) is 0 Å². The van der Waals surface area contributed by atoms with Crippen LogP contribution in [0.15, 0.2) is 18.2 Å². The molecule has 0 amide bonds. The zero-order chi connectivity index (χ0) is 8.27. The van der Waals surface area contributed by atoms with Crippen LogP contribution >= 0.6 is 22.6 Å². The van der Waals surface area contributed by atoms with Crippen LogP contribution in [-0.2, 0) is 0 Å². The molecule has 3 heteroatoms. The van der Waals surface area contributed by atoms with Gasteiger partial charge < -0.3 is 0 Å². The zero-order valence-electron chi connectivity index (χ0n) is 7.02. The minimum absolute atomic E-state index is 1.14. The van der Waals surface area contributed by atoms with E-state index in [0.29, 0.717) is 0 Å². The number of rotatable bonds is 2. The van der Waals surface area contributed by atoms with E-state index in [1.54, 1.807) is 0 Å². The monoisotopic (exact) mass is 256 g/mol. The standard InChI is InChI=1S/C8H11B2I/c1-9-6-3-4-7(10-2)8(11)5-6/h3-5,9-10H,1-2H3. The molecule has 0 saturated carbocycles. The van der Waals surface area contributed by atoms with Crippen molar-refractivity contribution in [2.45, 2.75) is 13.6 Å². The molecule has 11 heavy (non-hydrogen) atoms. The first-order valence-electron chi connectivity index (χ1n) is 4.05. The van der Waals surface area contributed by atoms with Gasteiger partial charge in [-0.3, -0.25) is 0 Å². The van der Waals surface area contributed by atoms with Gasteiger partial charge in [0.05, 0.1) is 0 Å². The summed E-state index contributed by atoms with van der Waals surface area (Å²) in [6, 6.07) is 6.74. The molecule has 56 valence electrons. The normalized spacial score (nSPS) is 9.36. The molecule has 1 rings (SSSR count). The van der Waals surface area contributed by atoms with Crippen LogP contribution in [0.25, 0.3) is 0 Å². The number of hydrogen-bond acceptors (Lipinski definition) is 0. The maximum absolute atomic E-state index is 2.41. The third kappa shape index (κ3) is 2.26. The van der Waals surface area contributed by atoms with Gasteiger partial charge in [0.1, 0.15) is 0 Å². The summed E-state index contributed by atoms with van der Waals surface area (Å²) >= 11 is 2.41. The van der Waals surface area contributed by atoms with Crippen molar-refractivity contribution < 1.29 is 0 Å². The molecule has 0 fully saturated rings. The fourth-order valence-corrected chi connectivity index (χ4v) is 2.06. The van der Waals surface area contributed by atoms with Crippen molar-refractivity contribution in [1.82, 2.24) is 0 Å². The molecule has 0 N–H and O–H groups in total. The number of halogens is 1. The molecule has 0 bridgehead atoms. The van der Waals surface area contributed by atoms with Crippen LogP contribution < -0.4 is 10.9 Å². The fourth-order valence-electron chi connectivity index (χ4n) is 1.10. The SMILES string of the molecule is CBc1ccc(BC)c(I)c1. The van der Waals surface area contributed by atoms with Gasteiger partial charge in [-0.1, -0.05) is 42.8 Å². The molecule has 0 unspecified atom stereocenters. The maximum atomic E-state index is 2.41. The van der Waals surface area contributed by atoms with Crippen LogP contribution in [0.4, 0.5) is 0 Å². The third-order valence-electron chi connectivity index (χ3n) is 1.91. The Morgan fingerprint density at radius 3 is 2.36 bits per heavy atom. The average Bonchev–Trinajstić information content (AvgIpc) is 2.04. The Labute approximate surface area is 83.4 Å². The predicted octanol–water partition coefficient (Wildman–Crippen LogP) is 0.511. The van der Waals surface area contributed by atoms with Crippen LogP contribution in [0.2, 0.25) is 13.6 Å². The smallest absolute Gasteiger partial charge is 0.0849 e. The van der Waals surface area contributed by atoms with Crippen LogP contribution in [0.1, 0.15) is 0 Å². The lowest BCUT2D eigenvalue weighted by molar-refractivity contribution is 1.75. The largest absolute Gasteiger partial charge is 0.155 e. The van der Waals surface area contributed by atoms with Gasteiger partial charge in [-0.2, -0.15) is 0 Å². The van der Waals surface area contributed by atoms with Crippen LogP contribution in [0.5, 0.6) is 0 Å². The van der Waals surface area contributed by atoms with E-state index in [-0.39, 0.29) is 0 Å². The van der Waals surface area contributed by atoms with E-state index in [4.69, 9.17) is 0 Å². The van der Waals surface area contributed by atoms with Gasteiger partial charge in [-0.15, -0.1) is 0 Å². The molecule has 0 radical (unpaired) electrons. The van der Waals surface area contributed by atoms with Crippen LogP contribution in [-0.4, -0.2) is 14.6 Å². The molecular weight excluding hydrogens is 245 g/mol. The van der Waals surface area contributed by atoms with E-state index in [0.717, 1.165) is 14.6 Å². The Bertz CT molecular complexity index is 248. The van der Waals surface area contributed by atoms with Crippen molar-refractivity contribution in [3.63, 3.8) is 0 Å². The Hall–Kier alpha value is 0.0799. The lowest BCUT2D eigenvalue weighted by Crippen LogP contribution is -2.20. The van der Waals surface area contributed by atoms with E-state index in [2.05, 4.69) is 54.4 Å². The van der Waals surface area contributed by atoms with Crippen molar-refractivity contribution in [2.75, 3.05) is 0 Å². The summed E-state index contributed by atoms with van der Waals surface area (Å²) in [4.78, 5) is 0. The average molecular weight is 256 g/mol. The molecule has 0 aromatic heterocycles. The molecule has 0 aliphatic heterocycles. The second kappa shape index (κ2) is 4.19. The lowest BCUT2D eigenvalue weighted by Gasteiger charge is -2.01. The van der Waals surface area contributed by atoms with Crippen LogP contribution in [0.3, 0.4) is 0 Å². The zero-order valence-corrected chi connectivity index (χ0v) is 9.18. The lowest BCUT2D eigenvalue weighted by atomic mass is 9.69. The first-order chi connectivity index (χ1) is 5.27. The highest BCUT2D eigenvalue weighted by atomic mass is 127. The highest BCUT2D eigenvalue weighted by Crippen LogP contribution is 1.97. The quantitative estimate of drug-likeness (QED) is 0.534. The maximum Gasteiger partial charge on any atom is 0.155 e. The summed E-state index contributed by atoms with van der Waals surface area (Å²) in [6.07, 6.45) is 0. The van der Waals surface area contributed by atoms with Crippen molar-refractivity contribution in [3.05, 3.63) is 21.8 Å². The van der Waals surface area contributed by atoms with E-state index in [1.807, 2.05) is 0 Å². The molecule has 0 atom stereocenters. The summed E-state index contributed by atoms with van der Waals surface area (Å²) in [5.41, 5.74) is 2.90. The minimum Gasteiger partial charge on any atom is -0.0849 e. The van der Waals surface area contributed by atoms with Crippen molar-refractivity contribution in [2.24, 2.45) is 0 Å². The van der Waals surface area contributed by atoms with Crippen LogP contribution in [0, 0.1) is 3.57 Å². The summed E-state index contributed by atoms with van der Waals surface area (Å²) in [6.45, 7) is 4.39. The number of benzene rings is 1. The summed E-state index contributed by atoms with van der Waals surface area (Å²) < 4.78 is 1.41. The molecular formula is C8H11B2I. The third-order valence-corrected chi connectivity index (χ3v) is 2.91. The van der Waals surface area contributed by atoms with Gasteiger partial charge in [-0.05, 0) is 22.6 Å². The summed E-state index contributed by atoms with van der Waals surface area (Å²) in [5, 5.41) is 0. The van der Waals surface area contributed by atoms with Gasteiger partial charge in [0.25, 0.3) is 0 Å². The molecule has 0 nitrogen and oxygen atoms in total. The molecule has 0 aliphatic carbocycles. The van der Waals surface area contributed by atoms with Gasteiger partial charge in [0, 0.05) is 3.57 Å². The van der Waals surface area contributed by atoms with Gasteiger partial charge in [0.2, 0.25) is 0 Å².